The van der Waals surface area contributed by atoms with Gasteiger partial charge >= 0.3 is 0 Å². The summed E-state index contributed by atoms with van der Waals surface area (Å²) in [6.45, 7) is 1.33. The Balaban J connectivity index is 1.21. The van der Waals surface area contributed by atoms with Gasteiger partial charge in [0, 0.05) is 41.7 Å². The Morgan fingerprint density at radius 3 is 2.37 bits per heavy atom. The lowest BCUT2D eigenvalue weighted by atomic mass is 9.95. The molecule has 1 heterocycles. The molecule has 0 aromatic heterocycles. The summed E-state index contributed by atoms with van der Waals surface area (Å²) in [4.78, 5) is 37.3. The molecular weight excluding hydrogens is 444 g/mol. The fourth-order valence-corrected chi connectivity index (χ4v) is 4.49. The Kier molecular flexibility index (Phi) is 8.73. The molecule has 2 aromatic rings. The molecule has 0 spiro atoms. The van der Waals surface area contributed by atoms with Crippen molar-refractivity contribution >= 4 is 29.1 Å². The second-order valence-electron chi connectivity index (χ2n) is 9.21. The Morgan fingerprint density at radius 1 is 0.829 bits per heavy atom. The first-order chi connectivity index (χ1) is 17.1. The van der Waals surface area contributed by atoms with Crippen LogP contribution in [0.3, 0.4) is 0 Å². The SMILES string of the molecule is O=C(CNc1ccc(C(=O)NCC2CCCO2)cc1)Nc1cccc(C(=O)NC2CCCCC2)c1. The van der Waals surface area contributed by atoms with Crippen LogP contribution in [0.5, 0.6) is 0 Å². The number of hydrogen-bond acceptors (Lipinski definition) is 5. The Hall–Kier alpha value is -3.39. The molecule has 1 saturated heterocycles. The minimum atomic E-state index is -0.228. The molecular formula is C27H34N4O4. The van der Waals surface area contributed by atoms with E-state index >= 15 is 0 Å². The molecule has 2 aliphatic rings. The summed E-state index contributed by atoms with van der Waals surface area (Å²) in [7, 11) is 0. The maximum absolute atomic E-state index is 12.6. The van der Waals surface area contributed by atoms with Crippen molar-refractivity contribution in [2.45, 2.75) is 57.1 Å². The minimum Gasteiger partial charge on any atom is -0.376 e. The van der Waals surface area contributed by atoms with Gasteiger partial charge in [-0.15, -0.1) is 0 Å². The second-order valence-corrected chi connectivity index (χ2v) is 9.21. The lowest BCUT2D eigenvalue weighted by Crippen LogP contribution is -2.36. The zero-order chi connectivity index (χ0) is 24.5. The highest BCUT2D eigenvalue weighted by atomic mass is 16.5. The van der Waals surface area contributed by atoms with Crippen LogP contribution in [-0.2, 0) is 9.53 Å². The van der Waals surface area contributed by atoms with E-state index in [1.54, 1.807) is 48.5 Å². The predicted molar refractivity (Wildman–Crippen MR) is 136 cm³/mol. The van der Waals surface area contributed by atoms with E-state index < -0.39 is 0 Å². The van der Waals surface area contributed by atoms with E-state index in [0.29, 0.717) is 23.4 Å². The van der Waals surface area contributed by atoms with E-state index in [4.69, 9.17) is 4.74 Å². The van der Waals surface area contributed by atoms with Crippen LogP contribution in [0.4, 0.5) is 11.4 Å². The molecule has 1 saturated carbocycles. The number of amides is 3. The smallest absolute Gasteiger partial charge is 0.251 e. The number of anilines is 2. The first-order valence-electron chi connectivity index (χ1n) is 12.5. The molecule has 0 bridgehead atoms. The largest absolute Gasteiger partial charge is 0.376 e. The molecule has 1 atom stereocenters. The van der Waals surface area contributed by atoms with Crippen LogP contribution in [0.15, 0.2) is 48.5 Å². The van der Waals surface area contributed by atoms with Crippen molar-refractivity contribution in [3.63, 3.8) is 0 Å². The van der Waals surface area contributed by atoms with E-state index in [1.165, 1.54) is 6.42 Å². The van der Waals surface area contributed by atoms with E-state index in [-0.39, 0.29) is 36.4 Å². The van der Waals surface area contributed by atoms with Crippen LogP contribution >= 0.6 is 0 Å². The van der Waals surface area contributed by atoms with Gasteiger partial charge in [-0.3, -0.25) is 14.4 Å². The van der Waals surface area contributed by atoms with Crippen molar-refractivity contribution in [2.24, 2.45) is 0 Å². The van der Waals surface area contributed by atoms with Crippen molar-refractivity contribution in [2.75, 3.05) is 30.3 Å². The first kappa shape index (κ1) is 24.7. The molecule has 4 rings (SSSR count). The van der Waals surface area contributed by atoms with Crippen LogP contribution in [0.25, 0.3) is 0 Å². The summed E-state index contributed by atoms with van der Waals surface area (Å²) in [6, 6.07) is 14.2. The summed E-state index contributed by atoms with van der Waals surface area (Å²) < 4.78 is 5.52. The van der Waals surface area contributed by atoms with Gasteiger partial charge in [-0.25, -0.2) is 0 Å². The molecule has 2 fully saturated rings. The van der Waals surface area contributed by atoms with Crippen LogP contribution in [0.2, 0.25) is 0 Å². The van der Waals surface area contributed by atoms with Gasteiger partial charge in [0.1, 0.15) is 0 Å². The number of nitrogens with one attached hydrogen (secondary N) is 4. The van der Waals surface area contributed by atoms with Crippen molar-refractivity contribution in [3.05, 3.63) is 59.7 Å². The van der Waals surface area contributed by atoms with Gasteiger partial charge in [0.15, 0.2) is 0 Å². The Bertz CT molecular complexity index is 1010. The molecule has 4 N–H and O–H groups in total. The molecule has 2 aromatic carbocycles. The topological polar surface area (TPSA) is 109 Å². The van der Waals surface area contributed by atoms with Crippen molar-refractivity contribution in [3.8, 4) is 0 Å². The quantitative estimate of drug-likeness (QED) is 0.439. The number of benzene rings is 2. The lowest BCUT2D eigenvalue weighted by Gasteiger charge is -2.22. The molecule has 0 radical (unpaired) electrons. The van der Waals surface area contributed by atoms with Gasteiger partial charge in [-0.05, 0) is 68.1 Å². The molecule has 186 valence electrons. The van der Waals surface area contributed by atoms with Crippen LogP contribution in [0, 0.1) is 0 Å². The standard InChI is InChI=1S/C27H34N4O4/c32-25(30-23-9-4-6-20(16-23)27(34)31-22-7-2-1-3-8-22)18-28-21-13-11-19(12-14-21)26(33)29-17-24-10-5-15-35-24/h4,6,9,11-14,16,22,24,28H,1-3,5,7-8,10,15,17-18H2,(H,29,33)(H,30,32)(H,31,34). The van der Waals surface area contributed by atoms with Crippen LogP contribution < -0.4 is 21.3 Å². The second kappa shape index (κ2) is 12.4. The van der Waals surface area contributed by atoms with Crippen molar-refractivity contribution in [1.29, 1.82) is 0 Å². The maximum Gasteiger partial charge on any atom is 0.251 e. The monoisotopic (exact) mass is 478 g/mol. The van der Waals surface area contributed by atoms with Gasteiger partial charge in [-0.1, -0.05) is 25.3 Å². The zero-order valence-corrected chi connectivity index (χ0v) is 20.0. The third-order valence-corrected chi connectivity index (χ3v) is 6.46. The average Bonchev–Trinajstić information content (AvgIpc) is 3.41. The zero-order valence-electron chi connectivity index (χ0n) is 20.0. The van der Waals surface area contributed by atoms with Crippen LogP contribution in [0.1, 0.15) is 65.7 Å². The summed E-state index contributed by atoms with van der Waals surface area (Å²) >= 11 is 0. The normalized spacial score (nSPS) is 18.0. The minimum absolute atomic E-state index is 0.0586. The fraction of sp³-hybridized carbons (Fsp3) is 0.444. The average molecular weight is 479 g/mol. The molecule has 8 heteroatoms. The highest BCUT2D eigenvalue weighted by molar-refractivity contribution is 5.98. The Morgan fingerprint density at radius 2 is 1.63 bits per heavy atom. The van der Waals surface area contributed by atoms with Gasteiger partial charge in [0.25, 0.3) is 11.8 Å². The summed E-state index contributed by atoms with van der Waals surface area (Å²) in [5.74, 6) is -0.476. The van der Waals surface area contributed by atoms with Gasteiger partial charge in [-0.2, -0.15) is 0 Å². The number of carbonyl (C=O) groups is 3. The number of hydrogen-bond donors (Lipinski definition) is 4. The molecule has 8 nitrogen and oxygen atoms in total. The number of carbonyl (C=O) groups excluding carboxylic acids is 3. The van der Waals surface area contributed by atoms with E-state index in [2.05, 4.69) is 21.3 Å². The Labute approximate surface area is 206 Å². The fourth-order valence-electron chi connectivity index (χ4n) is 4.49. The molecule has 1 aliphatic heterocycles. The summed E-state index contributed by atoms with van der Waals surface area (Å²) in [6.07, 6.45) is 7.70. The molecule has 3 amide bonds. The van der Waals surface area contributed by atoms with Gasteiger partial charge < -0.3 is 26.0 Å². The lowest BCUT2D eigenvalue weighted by molar-refractivity contribution is -0.114. The van der Waals surface area contributed by atoms with Gasteiger partial charge in [0.05, 0.1) is 12.6 Å². The summed E-state index contributed by atoms with van der Waals surface area (Å²) in [5, 5.41) is 11.9. The third kappa shape index (κ3) is 7.55. The highest BCUT2D eigenvalue weighted by Crippen LogP contribution is 2.19. The summed E-state index contributed by atoms with van der Waals surface area (Å²) in [5.41, 5.74) is 2.40. The molecule has 35 heavy (non-hydrogen) atoms. The van der Waals surface area contributed by atoms with Crippen molar-refractivity contribution in [1.82, 2.24) is 10.6 Å². The maximum atomic E-state index is 12.6. The van der Waals surface area contributed by atoms with E-state index in [9.17, 15) is 14.4 Å². The molecule has 1 unspecified atom stereocenters. The van der Waals surface area contributed by atoms with E-state index in [1.807, 2.05) is 0 Å². The van der Waals surface area contributed by atoms with E-state index in [0.717, 1.165) is 50.8 Å². The predicted octanol–water partition coefficient (Wildman–Crippen LogP) is 3.71. The van der Waals surface area contributed by atoms with Crippen molar-refractivity contribution < 1.29 is 19.1 Å². The number of ether oxygens (including phenoxy) is 1. The van der Waals surface area contributed by atoms with Crippen LogP contribution in [-0.4, -0.2) is 49.6 Å². The number of rotatable bonds is 9. The van der Waals surface area contributed by atoms with Gasteiger partial charge in [0.2, 0.25) is 5.91 Å². The molecule has 1 aliphatic carbocycles. The first-order valence-corrected chi connectivity index (χ1v) is 12.5. The highest BCUT2D eigenvalue weighted by Gasteiger charge is 2.18. The third-order valence-electron chi connectivity index (χ3n) is 6.46.